The summed E-state index contributed by atoms with van der Waals surface area (Å²) in [6.07, 6.45) is 2.71. The molecule has 1 aromatic heterocycles. The Balaban J connectivity index is 2.82. The molecule has 3 nitrogen and oxygen atoms in total. The van der Waals surface area contributed by atoms with E-state index < -0.39 is 0 Å². The van der Waals surface area contributed by atoms with Gasteiger partial charge in [0.25, 0.3) is 5.91 Å². The van der Waals surface area contributed by atoms with Gasteiger partial charge < -0.3 is 4.90 Å². The van der Waals surface area contributed by atoms with E-state index in [1.54, 1.807) is 20.3 Å². The number of aryl methyl sites for hydroxylation is 1. The maximum Gasteiger partial charge on any atom is 0.282 e. The Hall–Kier alpha value is -0.900. The second-order valence-corrected chi connectivity index (χ2v) is 3.80. The van der Waals surface area contributed by atoms with Gasteiger partial charge in [-0.2, -0.15) is 0 Å². The number of carbonyl (C=O) groups is 1. The molecule has 0 unspecified atom stereocenters. The minimum absolute atomic E-state index is 0.0142. The van der Waals surface area contributed by atoms with Crippen molar-refractivity contribution in [2.45, 2.75) is 13.3 Å². The highest BCUT2D eigenvalue weighted by Gasteiger charge is 2.11. The van der Waals surface area contributed by atoms with Gasteiger partial charge in [0.15, 0.2) is 5.01 Å². The molecule has 0 aliphatic heterocycles. The van der Waals surface area contributed by atoms with E-state index in [4.69, 9.17) is 0 Å². The van der Waals surface area contributed by atoms with Crippen molar-refractivity contribution < 1.29 is 4.79 Å². The average molecular weight is 184 g/mol. The van der Waals surface area contributed by atoms with E-state index in [2.05, 4.69) is 11.9 Å². The van der Waals surface area contributed by atoms with Crippen LogP contribution in [0, 0.1) is 0 Å². The van der Waals surface area contributed by atoms with Crippen LogP contribution in [0.3, 0.4) is 0 Å². The predicted molar refractivity (Wildman–Crippen MR) is 49.5 cm³/mol. The van der Waals surface area contributed by atoms with Crippen LogP contribution in [0.2, 0.25) is 0 Å². The Bertz CT molecular complexity index is 280. The van der Waals surface area contributed by atoms with Gasteiger partial charge >= 0.3 is 0 Å². The zero-order chi connectivity index (χ0) is 9.14. The summed E-state index contributed by atoms with van der Waals surface area (Å²) >= 11 is 1.47. The maximum atomic E-state index is 11.3. The summed E-state index contributed by atoms with van der Waals surface area (Å²) in [7, 11) is 3.46. The molecule has 1 heterocycles. The molecule has 0 spiro atoms. The van der Waals surface area contributed by atoms with Crippen molar-refractivity contribution in [3.63, 3.8) is 0 Å². The van der Waals surface area contributed by atoms with Crippen molar-refractivity contribution in [1.82, 2.24) is 9.88 Å². The highest BCUT2D eigenvalue weighted by Crippen LogP contribution is 2.14. The first-order valence-electron chi connectivity index (χ1n) is 3.81. The molecule has 1 rings (SSSR count). The van der Waals surface area contributed by atoms with Gasteiger partial charge in [0.05, 0.1) is 0 Å². The van der Waals surface area contributed by atoms with Gasteiger partial charge in [-0.25, -0.2) is 4.98 Å². The molecule has 0 radical (unpaired) electrons. The normalized spacial score (nSPS) is 9.92. The summed E-state index contributed by atoms with van der Waals surface area (Å²) in [5.74, 6) is -0.0142. The molecule has 66 valence electrons. The van der Waals surface area contributed by atoms with E-state index >= 15 is 0 Å². The maximum absolute atomic E-state index is 11.3. The minimum Gasteiger partial charge on any atom is -0.343 e. The highest BCUT2D eigenvalue weighted by atomic mass is 32.1. The quantitative estimate of drug-likeness (QED) is 0.696. The van der Waals surface area contributed by atoms with Gasteiger partial charge in [-0.1, -0.05) is 6.92 Å². The molecule has 0 aliphatic rings. The molecule has 0 N–H and O–H groups in total. The van der Waals surface area contributed by atoms with Crippen molar-refractivity contribution in [3.05, 3.63) is 16.1 Å². The minimum atomic E-state index is -0.0142. The Morgan fingerprint density at radius 1 is 1.67 bits per heavy atom. The number of hydrogen-bond acceptors (Lipinski definition) is 3. The Labute approximate surface area is 76.0 Å². The standard InChI is InChI=1S/C8H12N2OS/c1-4-6-5-9-7(12-6)8(11)10(2)3/h5H,4H2,1-3H3. The molecule has 0 bridgehead atoms. The first-order valence-corrected chi connectivity index (χ1v) is 4.63. The summed E-state index contributed by atoms with van der Waals surface area (Å²) in [5.41, 5.74) is 0. The largest absolute Gasteiger partial charge is 0.343 e. The Morgan fingerprint density at radius 3 is 2.75 bits per heavy atom. The highest BCUT2D eigenvalue weighted by molar-refractivity contribution is 7.13. The van der Waals surface area contributed by atoms with E-state index in [0.717, 1.165) is 11.3 Å². The van der Waals surface area contributed by atoms with Crippen LogP contribution in [0.5, 0.6) is 0 Å². The summed E-state index contributed by atoms with van der Waals surface area (Å²) in [4.78, 5) is 18.1. The fourth-order valence-corrected chi connectivity index (χ4v) is 1.63. The van der Waals surface area contributed by atoms with Gasteiger partial charge in [0.2, 0.25) is 0 Å². The number of amides is 1. The lowest BCUT2D eigenvalue weighted by Gasteiger charge is -2.05. The zero-order valence-corrected chi connectivity index (χ0v) is 8.31. The molecule has 1 amide bonds. The monoisotopic (exact) mass is 184 g/mol. The van der Waals surface area contributed by atoms with Crippen LogP contribution in [0.1, 0.15) is 21.6 Å². The molecule has 4 heteroatoms. The Morgan fingerprint density at radius 2 is 2.33 bits per heavy atom. The van der Waals surface area contributed by atoms with E-state index in [9.17, 15) is 4.79 Å². The third-order valence-electron chi connectivity index (χ3n) is 1.49. The van der Waals surface area contributed by atoms with Crippen LogP contribution < -0.4 is 0 Å². The lowest BCUT2D eigenvalue weighted by atomic mass is 10.4. The van der Waals surface area contributed by atoms with Crippen LogP contribution in [0.4, 0.5) is 0 Å². The number of rotatable bonds is 2. The summed E-state index contributed by atoms with van der Waals surface area (Å²) in [5, 5.41) is 0.580. The molecular weight excluding hydrogens is 172 g/mol. The smallest absolute Gasteiger partial charge is 0.282 e. The van der Waals surface area contributed by atoms with Crippen molar-refractivity contribution in [2.24, 2.45) is 0 Å². The second-order valence-electron chi connectivity index (χ2n) is 2.68. The second kappa shape index (κ2) is 3.67. The van der Waals surface area contributed by atoms with Crippen molar-refractivity contribution in [1.29, 1.82) is 0 Å². The fourth-order valence-electron chi connectivity index (χ4n) is 0.761. The molecule has 0 fully saturated rings. The van der Waals surface area contributed by atoms with Crippen LogP contribution >= 0.6 is 11.3 Å². The summed E-state index contributed by atoms with van der Waals surface area (Å²) in [6.45, 7) is 2.05. The van der Waals surface area contributed by atoms with Crippen molar-refractivity contribution >= 4 is 17.2 Å². The zero-order valence-electron chi connectivity index (χ0n) is 7.50. The van der Waals surface area contributed by atoms with Gasteiger partial charge in [-0.05, 0) is 6.42 Å². The molecular formula is C8H12N2OS. The third-order valence-corrected chi connectivity index (χ3v) is 2.62. The van der Waals surface area contributed by atoms with Gasteiger partial charge in [0.1, 0.15) is 0 Å². The number of carbonyl (C=O) groups excluding carboxylic acids is 1. The first-order chi connectivity index (χ1) is 5.65. The SMILES string of the molecule is CCc1cnc(C(=O)N(C)C)s1. The molecule has 0 aromatic carbocycles. The van der Waals surface area contributed by atoms with Gasteiger partial charge in [-0.3, -0.25) is 4.79 Å². The molecule has 1 aromatic rings. The third kappa shape index (κ3) is 1.82. The molecule has 0 aliphatic carbocycles. The van der Waals surface area contributed by atoms with Crippen LogP contribution in [0.15, 0.2) is 6.20 Å². The van der Waals surface area contributed by atoms with Crippen LogP contribution in [-0.4, -0.2) is 29.9 Å². The van der Waals surface area contributed by atoms with E-state index in [1.807, 2.05) is 0 Å². The number of thiazole rings is 1. The summed E-state index contributed by atoms with van der Waals surface area (Å²) < 4.78 is 0. The topological polar surface area (TPSA) is 33.2 Å². The Kier molecular flexibility index (Phi) is 2.81. The van der Waals surface area contributed by atoms with E-state index in [-0.39, 0.29) is 5.91 Å². The lowest BCUT2D eigenvalue weighted by Crippen LogP contribution is -2.21. The van der Waals surface area contributed by atoms with Crippen LogP contribution in [0.25, 0.3) is 0 Å². The van der Waals surface area contributed by atoms with E-state index in [1.165, 1.54) is 16.2 Å². The molecule has 12 heavy (non-hydrogen) atoms. The average Bonchev–Trinajstić information content (AvgIpc) is 2.50. The fraction of sp³-hybridized carbons (Fsp3) is 0.500. The van der Waals surface area contributed by atoms with Gasteiger partial charge in [-0.15, -0.1) is 11.3 Å². The van der Waals surface area contributed by atoms with Gasteiger partial charge in [0, 0.05) is 25.2 Å². The van der Waals surface area contributed by atoms with E-state index in [0.29, 0.717) is 5.01 Å². The number of hydrogen-bond donors (Lipinski definition) is 0. The lowest BCUT2D eigenvalue weighted by molar-refractivity contribution is 0.0827. The number of nitrogens with zero attached hydrogens (tertiary/aromatic N) is 2. The molecule has 0 saturated heterocycles. The van der Waals surface area contributed by atoms with Crippen LogP contribution in [-0.2, 0) is 6.42 Å². The molecule has 0 saturated carbocycles. The first kappa shape index (κ1) is 9.19. The number of aromatic nitrogens is 1. The van der Waals surface area contributed by atoms with Crippen molar-refractivity contribution in [2.75, 3.05) is 14.1 Å². The molecule has 0 atom stereocenters. The summed E-state index contributed by atoms with van der Waals surface area (Å²) in [6, 6.07) is 0. The predicted octanol–water partition coefficient (Wildman–Crippen LogP) is 1.41. The van der Waals surface area contributed by atoms with Crippen molar-refractivity contribution in [3.8, 4) is 0 Å².